The monoisotopic (exact) mass is 216 g/mol. The predicted molar refractivity (Wildman–Crippen MR) is 64.5 cm³/mol. The first-order chi connectivity index (χ1) is 7.74. The topological polar surface area (TPSA) is 56.7 Å². The van der Waals surface area contributed by atoms with Gasteiger partial charge in [0.15, 0.2) is 5.82 Å². The van der Waals surface area contributed by atoms with Gasteiger partial charge in [0, 0.05) is 11.8 Å². The van der Waals surface area contributed by atoms with Crippen LogP contribution in [0.1, 0.15) is 24.6 Å². The highest BCUT2D eigenvalue weighted by Gasteiger charge is 2.12. The zero-order chi connectivity index (χ0) is 11.5. The number of aromatic nitrogens is 3. The largest absolute Gasteiger partial charge is 0.383 e. The Labute approximate surface area is 95.1 Å². The molecule has 4 heteroatoms. The molecule has 0 saturated heterocycles. The standard InChI is InChI=1S/C12H16N4/c1-3-6-10-9(2)15-16(12(10)13)11-7-4-5-8-14-11/h4-5,7-8H,3,6,13H2,1-2H3. The van der Waals surface area contributed by atoms with E-state index in [9.17, 15) is 0 Å². The summed E-state index contributed by atoms with van der Waals surface area (Å²) in [6.07, 6.45) is 3.77. The second kappa shape index (κ2) is 4.35. The lowest BCUT2D eigenvalue weighted by Gasteiger charge is -2.02. The van der Waals surface area contributed by atoms with Crippen LogP contribution < -0.4 is 5.73 Å². The van der Waals surface area contributed by atoms with Crippen molar-refractivity contribution in [3.63, 3.8) is 0 Å². The van der Waals surface area contributed by atoms with E-state index in [1.807, 2.05) is 25.1 Å². The highest BCUT2D eigenvalue weighted by atomic mass is 15.3. The van der Waals surface area contributed by atoms with E-state index in [1.165, 1.54) is 0 Å². The minimum atomic E-state index is 0.707. The Bertz CT molecular complexity index is 473. The number of hydrogen-bond acceptors (Lipinski definition) is 3. The first kappa shape index (κ1) is 10.7. The van der Waals surface area contributed by atoms with E-state index in [1.54, 1.807) is 10.9 Å². The van der Waals surface area contributed by atoms with Crippen LogP contribution in [0.15, 0.2) is 24.4 Å². The Morgan fingerprint density at radius 3 is 2.81 bits per heavy atom. The summed E-state index contributed by atoms with van der Waals surface area (Å²) >= 11 is 0. The van der Waals surface area contributed by atoms with Crippen molar-refractivity contribution in [3.8, 4) is 5.82 Å². The molecule has 0 bridgehead atoms. The van der Waals surface area contributed by atoms with E-state index in [-0.39, 0.29) is 0 Å². The van der Waals surface area contributed by atoms with Crippen LogP contribution in [0.25, 0.3) is 5.82 Å². The molecule has 0 fully saturated rings. The van der Waals surface area contributed by atoms with Crippen LogP contribution in [0.5, 0.6) is 0 Å². The van der Waals surface area contributed by atoms with Crippen LogP contribution in [-0.4, -0.2) is 14.8 Å². The molecule has 0 saturated carbocycles. The SMILES string of the molecule is CCCc1c(C)nn(-c2ccccn2)c1N. The van der Waals surface area contributed by atoms with Crippen LogP contribution in [0.4, 0.5) is 5.82 Å². The molecule has 84 valence electrons. The fourth-order valence-electron chi connectivity index (χ4n) is 1.79. The van der Waals surface area contributed by atoms with E-state index in [2.05, 4.69) is 17.0 Å². The van der Waals surface area contributed by atoms with E-state index in [4.69, 9.17) is 5.73 Å². The third-order valence-corrected chi connectivity index (χ3v) is 2.59. The molecule has 0 spiro atoms. The Morgan fingerprint density at radius 1 is 1.38 bits per heavy atom. The van der Waals surface area contributed by atoms with Crippen molar-refractivity contribution in [2.45, 2.75) is 26.7 Å². The molecule has 2 rings (SSSR count). The maximum atomic E-state index is 6.08. The van der Waals surface area contributed by atoms with Crippen LogP contribution in [0.2, 0.25) is 0 Å². The van der Waals surface area contributed by atoms with Gasteiger partial charge in [-0.1, -0.05) is 19.4 Å². The fourth-order valence-corrected chi connectivity index (χ4v) is 1.79. The van der Waals surface area contributed by atoms with Crippen molar-refractivity contribution < 1.29 is 0 Å². The number of nitrogen functional groups attached to an aromatic ring is 1. The summed E-state index contributed by atoms with van der Waals surface area (Å²) in [7, 11) is 0. The van der Waals surface area contributed by atoms with Crippen molar-refractivity contribution in [3.05, 3.63) is 35.7 Å². The number of anilines is 1. The Kier molecular flexibility index (Phi) is 2.90. The summed E-state index contributed by atoms with van der Waals surface area (Å²) in [6.45, 7) is 4.12. The van der Waals surface area contributed by atoms with Gasteiger partial charge in [0.05, 0.1) is 5.69 Å². The minimum Gasteiger partial charge on any atom is -0.383 e. The summed E-state index contributed by atoms with van der Waals surface area (Å²) in [5.74, 6) is 1.48. The molecule has 0 aromatic carbocycles. The van der Waals surface area contributed by atoms with E-state index in [0.717, 1.165) is 29.9 Å². The van der Waals surface area contributed by atoms with Gasteiger partial charge in [-0.15, -0.1) is 0 Å². The smallest absolute Gasteiger partial charge is 0.155 e. The zero-order valence-corrected chi connectivity index (χ0v) is 9.64. The molecule has 0 atom stereocenters. The third-order valence-electron chi connectivity index (χ3n) is 2.59. The average molecular weight is 216 g/mol. The summed E-state index contributed by atoms with van der Waals surface area (Å²) in [5, 5.41) is 4.43. The molecule has 16 heavy (non-hydrogen) atoms. The van der Waals surface area contributed by atoms with Gasteiger partial charge in [-0.3, -0.25) is 0 Å². The Balaban J connectivity index is 2.47. The highest BCUT2D eigenvalue weighted by molar-refractivity contribution is 5.47. The molecule has 2 N–H and O–H groups in total. The number of pyridine rings is 1. The van der Waals surface area contributed by atoms with Gasteiger partial charge < -0.3 is 5.73 Å². The van der Waals surface area contributed by atoms with Gasteiger partial charge in [0.2, 0.25) is 0 Å². The Hall–Kier alpha value is -1.84. The molecule has 0 radical (unpaired) electrons. The predicted octanol–water partition coefficient (Wildman–Crippen LogP) is 2.11. The maximum absolute atomic E-state index is 6.08. The Morgan fingerprint density at radius 2 is 2.19 bits per heavy atom. The molecule has 0 amide bonds. The number of aryl methyl sites for hydroxylation is 1. The molecule has 0 aliphatic rings. The first-order valence-corrected chi connectivity index (χ1v) is 5.49. The summed E-state index contributed by atoms with van der Waals surface area (Å²) in [6, 6.07) is 5.71. The van der Waals surface area contributed by atoms with Crippen LogP contribution in [0.3, 0.4) is 0 Å². The number of rotatable bonds is 3. The maximum Gasteiger partial charge on any atom is 0.155 e. The van der Waals surface area contributed by atoms with Crippen molar-refractivity contribution in [2.75, 3.05) is 5.73 Å². The first-order valence-electron chi connectivity index (χ1n) is 5.49. The van der Waals surface area contributed by atoms with E-state index in [0.29, 0.717) is 5.82 Å². The van der Waals surface area contributed by atoms with Gasteiger partial charge in [0.1, 0.15) is 5.82 Å². The summed E-state index contributed by atoms with van der Waals surface area (Å²) in [5.41, 5.74) is 8.21. The van der Waals surface area contributed by atoms with Crippen molar-refractivity contribution in [1.82, 2.24) is 14.8 Å². The van der Waals surface area contributed by atoms with Crippen LogP contribution in [-0.2, 0) is 6.42 Å². The second-order valence-electron chi connectivity index (χ2n) is 3.80. The van der Waals surface area contributed by atoms with Crippen molar-refractivity contribution >= 4 is 5.82 Å². The number of nitrogens with two attached hydrogens (primary N) is 1. The lowest BCUT2D eigenvalue weighted by molar-refractivity contribution is 0.841. The number of nitrogens with zero attached hydrogens (tertiary/aromatic N) is 3. The molecule has 2 aromatic rings. The lowest BCUT2D eigenvalue weighted by Crippen LogP contribution is -2.04. The average Bonchev–Trinajstić information content (AvgIpc) is 2.59. The molecule has 0 unspecified atom stereocenters. The van der Waals surface area contributed by atoms with Crippen LogP contribution >= 0.6 is 0 Å². The molecular formula is C12H16N4. The van der Waals surface area contributed by atoms with Crippen LogP contribution in [0, 0.1) is 6.92 Å². The quantitative estimate of drug-likeness (QED) is 0.854. The van der Waals surface area contributed by atoms with Gasteiger partial charge in [-0.2, -0.15) is 9.78 Å². The molecule has 4 nitrogen and oxygen atoms in total. The molecule has 0 aliphatic carbocycles. The lowest BCUT2D eigenvalue weighted by atomic mass is 10.1. The van der Waals surface area contributed by atoms with Gasteiger partial charge in [-0.25, -0.2) is 4.98 Å². The fraction of sp³-hybridized carbons (Fsp3) is 0.333. The van der Waals surface area contributed by atoms with E-state index < -0.39 is 0 Å². The summed E-state index contributed by atoms with van der Waals surface area (Å²) in [4.78, 5) is 4.24. The second-order valence-corrected chi connectivity index (χ2v) is 3.80. The third kappa shape index (κ3) is 1.78. The molecule has 2 aromatic heterocycles. The number of hydrogen-bond donors (Lipinski definition) is 1. The molecular weight excluding hydrogens is 200 g/mol. The van der Waals surface area contributed by atoms with E-state index >= 15 is 0 Å². The molecule has 0 aliphatic heterocycles. The van der Waals surface area contributed by atoms with Gasteiger partial charge in [0.25, 0.3) is 0 Å². The normalized spacial score (nSPS) is 10.6. The minimum absolute atomic E-state index is 0.707. The molecule has 2 heterocycles. The van der Waals surface area contributed by atoms with Crippen molar-refractivity contribution in [1.29, 1.82) is 0 Å². The van der Waals surface area contributed by atoms with Gasteiger partial charge in [-0.05, 0) is 25.5 Å². The highest BCUT2D eigenvalue weighted by Crippen LogP contribution is 2.20. The zero-order valence-electron chi connectivity index (χ0n) is 9.64. The van der Waals surface area contributed by atoms with Gasteiger partial charge >= 0.3 is 0 Å². The summed E-state index contributed by atoms with van der Waals surface area (Å²) < 4.78 is 1.71. The van der Waals surface area contributed by atoms with Crippen molar-refractivity contribution in [2.24, 2.45) is 0 Å².